The summed E-state index contributed by atoms with van der Waals surface area (Å²) in [5, 5.41) is 7.65. The average Bonchev–Trinajstić information content (AvgIpc) is 3.01. The number of amides is 1. The van der Waals surface area contributed by atoms with E-state index in [0.717, 1.165) is 41.2 Å². The number of carbonyl (C=O) groups is 1. The molecule has 0 radical (unpaired) electrons. The molecule has 0 saturated carbocycles. The highest BCUT2D eigenvalue weighted by Gasteiger charge is 2.21. The number of ether oxygens (including phenoxy) is 1. The van der Waals surface area contributed by atoms with Gasteiger partial charge in [-0.05, 0) is 50.5 Å². The van der Waals surface area contributed by atoms with Crippen LogP contribution >= 0.6 is 0 Å². The first kappa shape index (κ1) is 18.3. The second kappa shape index (κ2) is 7.89. The predicted octanol–water partition coefficient (Wildman–Crippen LogP) is 3.54. The van der Waals surface area contributed by atoms with Gasteiger partial charge in [0.05, 0.1) is 24.3 Å². The zero-order valence-electron chi connectivity index (χ0n) is 16.3. The Bertz CT molecular complexity index is 979. The second-order valence-corrected chi connectivity index (χ2v) is 7.26. The normalized spacial score (nSPS) is 15.6. The van der Waals surface area contributed by atoms with Gasteiger partial charge in [0.1, 0.15) is 11.9 Å². The topological polar surface area (TPSA) is 56.2 Å². The van der Waals surface area contributed by atoms with Gasteiger partial charge in [-0.3, -0.25) is 4.79 Å². The Morgan fingerprint density at radius 1 is 1.14 bits per heavy atom. The van der Waals surface area contributed by atoms with Crippen molar-refractivity contribution in [1.82, 2.24) is 15.1 Å². The lowest BCUT2D eigenvalue weighted by Crippen LogP contribution is -2.38. The number of nitrogens with zero attached hydrogens (tertiary/aromatic N) is 2. The fraction of sp³-hybridized carbons (Fsp3) is 0.304. The van der Waals surface area contributed by atoms with Gasteiger partial charge < -0.3 is 10.1 Å². The molecule has 2 heterocycles. The van der Waals surface area contributed by atoms with Crippen molar-refractivity contribution in [2.75, 3.05) is 6.54 Å². The van der Waals surface area contributed by atoms with E-state index < -0.39 is 0 Å². The lowest BCUT2D eigenvalue weighted by Gasteiger charge is -2.26. The first-order valence-electron chi connectivity index (χ1n) is 9.73. The van der Waals surface area contributed by atoms with Gasteiger partial charge in [0, 0.05) is 11.3 Å². The lowest BCUT2D eigenvalue weighted by atomic mass is 10.0. The van der Waals surface area contributed by atoms with Crippen molar-refractivity contribution in [3.8, 4) is 11.4 Å². The number of aromatic nitrogens is 2. The fourth-order valence-corrected chi connectivity index (χ4v) is 3.73. The molecule has 0 aliphatic carbocycles. The number of hydrogen-bond donors (Lipinski definition) is 1. The van der Waals surface area contributed by atoms with Gasteiger partial charge in [-0.2, -0.15) is 5.10 Å². The molecule has 1 amide bonds. The van der Waals surface area contributed by atoms with Gasteiger partial charge in [0.15, 0.2) is 0 Å². The van der Waals surface area contributed by atoms with E-state index in [1.54, 1.807) is 0 Å². The number of benzene rings is 2. The molecule has 0 fully saturated rings. The zero-order valence-corrected chi connectivity index (χ0v) is 16.3. The summed E-state index contributed by atoms with van der Waals surface area (Å²) in [6.45, 7) is 4.49. The minimum Gasteiger partial charge on any atom is -0.488 e. The first-order valence-corrected chi connectivity index (χ1v) is 9.73. The maximum atomic E-state index is 12.5. The third-order valence-electron chi connectivity index (χ3n) is 5.31. The van der Waals surface area contributed by atoms with Crippen LogP contribution in [-0.4, -0.2) is 28.3 Å². The van der Waals surface area contributed by atoms with Crippen molar-refractivity contribution < 1.29 is 9.53 Å². The highest BCUT2D eigenvalue weighted by atomic mass is 16.5. The molecule has 3 aromatic rings. The molecule has 1 aliphatic rings. The molecule has 0 bridgehead atoms. The number of rotatable bonds is 5. The van der Waals surface area contributed by atoms with Gasteiger partial charge in [-0.25, -0.2) is 4.68 Å². The third-order valence-corrected chi connectivity index (χ3v) is 5.31. The van der Waals surface area contributed by atoms with Crippen molar-refractivity contribution in [3.63, 3.8) is 0 Å². The van der Waals surface area contributed by atoms with Gasteiger partial charge >= 0.3 is 0 Å². The van der Waals surface area contributed by atoms with Crippen LogP contribution in [0.3, 0.4) is 0 Å². The molecule has 0 spiro atoms. The van der Waals surface area contributed by atoms with Gasteiger partial charge in [0.25, 0.3) is 0 Å². The Morgan fingerprint density at radius 2 is 1.89 bits per heavy atom. The van der Waals surface area contributed by atoms with E-state index in [1.807, 2.05) is 67.1 Å². The summed E-state index contributed by atoms with van der Waals surface area (Å²) in [4.78, 5) is 12.5. The van der Waals surface area contributed by atoms with E-state index in [9.17, 15) is 4.79 Å². The molecule has 0 unspecified atom stereocenters. The minimum atomic E-state index is 0.00118. The van der Waals surface area contributed by atoms with Crippen LogP contribution in [0, 0.1) is 13.8 Å². The molecule has 28 heavy (non-hydrogen) atoms. The Balaban J connectivity index is 1.38. The Morgan fingerprint density at radius 3 is 2.71 bits per heavy atom. The molecule has 1 aromatic heterocycles. The SMILES string of the molecule is Cc1nn(-c2ccccc2)c(C)c1CC(=O)NC[C@H]1CCc2ccccc2O1. The van der Waals surface area contributed by atoms with Gasteiger partial charge in [-0.1, -0.05) is 36.4 Å². The summed E-state index contributed by atoms with van der Waals surface area (Å²) in [6, 6.07) is 18.1. The van der Waals surface area contributed by atoms with Crippen molar-refractivity contribution in [1.29, 1.82) is 0 Å². The molecule has 1 aliphatic heterocycles. The highest BCUT2D eigenvalue weighted by molar-refractivity contribution is 5.79. The van der Waals surface area contributed by atoms with E-state index in [0.29, 0.717) is 13.0 Å². The standard InChI is InChI=1S/C23H25N3O2/c1-16-21(17(2)26(25-16)19-9-4-3-5-10-19)14-23(27)24-15-20-13-12-18-8-6-7-11-22(18)28-20/h3-11,20H,12-15H2,1-2H3,(H,24,27)/t20-/m1/s1. The molecule has 1 N–H and O–H groups in total. The first-order chi connectivity index (χ1) is 13.6. The molecule has 5 heteroatoms. The predicted molar refractivity (Wildman–Crippen MR) is 109 cm³/mol. The zero-order chi connectivity index (χ0) is 19.5. The number of fused-ring (bicyclic) bond motifs is 1. The number of hydrogen-bond acceptors (Lipinski definition) is 3. The van der Waals surface area contributed by atoms with E-state index in [2.05, 4.69) is 16.5 Å². The number of para-hydroxylation sites is 2. The van der Waals surface area contributed by atoms with Crippen molar-refractivity contribution in [2.45, 2.75) is 39.2 Å². The van der Waals surface area contributed by atoms with Crippen LogP contribution in [0.2, 0.25) is 0 Å². The van der Waals surface area contributed by atoms with Crippen molar-refractivity contribution >= 4 is 5.91 Å². The van der Waals surface area contributed by atoms with E-state index >= 15 is 0 Å². The quantitative estimate of drug-likeness (QED) is 0.742. The fourth-order valence-electron chi connectivity index (χ4n) is 3.73. The van der Waals surface area contributed by atoms with E-state index in [4.69, 9.17) is 4.74 Å². The van der Waals surface area contributed by atoms with E-state index in [-0.39, 0.29) is 12.0 Å². The maximum Gasteiger partial charge on any atom is 0.224 e. The molecule has 0 saturated heterocycles. The maximum absolute atomic E-state index is 12.5. The van der Waals surface area contributed by atoms with Crippen LogP contribution in [0.25, 0.3) is 5.69 Å². The van der Waals surface area contributed by atoms with Crippen molar-refractivity contribution in [3.05, 3.63) is 77.1 Å². The summed E-state index contributed by atoms with van der Waals surface area (Å²) < 4.78 is 7.91. The Labute approximate surface area is 165 Å². The number of carbonyl (C=O) groups excluding carboxylic acids is 1. The molecule has 2 aromatic carbocycles. The van der Waals surface area contributed by atoms with Crippen LogP contribution in [0.15, 0.2) is 54.6 Å². The van der Waals surface area contributed by atoms with Crippen molar-refractivity contribution in [2.24, 2.45) is 0 Å². The lowest BCUT2D eigenvalue weighted by molar-refractivity contribution is -0.120. The van der Waals surface area contributed by atoms with Crippen LogP contribution in [0.4, 0.5) is 0 Å². The summed E-state index contributed by atoms with van der Waals surface area (Å²) in [5.41, 5.74) is 5.12. The molecular weight excluding hydrogens is 350 g/mol. The summed E-state index contributed by atoms with van der Waals surface area (Å²) in [7, 11) is 0. The van der Waals surface area contributed by atoms with Gasteiger partial charge in [0.2, 0.25) is 5.91 Å². The molecule has 144 valence electrons. The largest absolute Gasteiger partial charge is 0.488 e. The highest BCUT2D eigenvalue weighted by Crippen LogP contribution is 2.26. The molecule has 5 nitrogen and oxygen atoms in total. The second-order valence-electron chi connectivity index (χ2n) is 7.26. The van der Waals surface area contributed by atoms with E-state index in [1.165, 1.54) is 5.56 Å². The number of nitrogens with one attached hydrogen (secondary N) is 1. The Kier molecular flexibility index (Phi) is 5.15. The third kappa shape index (κ3) is 3.79. The minimum absolute atomic E-state index is 0.00118. The molecule has 4 rings (SSSR count). The monoisotopic (exact) mass is 375 g/mol. The summed E-state index contributed by atoms with van der Waals surface area (Å²) in [5.74, 6) is 0.935. The summed E-state index contributed by atoms with van der Waals surface area (Å²) in [6.07, 6.45) is 2.25. The Hall–Kier alpha value is -3.08. The van der Waals surface area contributed by atoms with Crippen LogP contribution < -0.4 is 10.1 Å². The van der Waals surface area contributed by atoms with Gasteiger partial charge in [-0.15, -0.1) is 0 Å². The van der Waals surface area contributed by atoms with Crippen LogP contribution in [0.5, 0.6) is 5.75 Å². The van der Waals surface area contributed by atoms with Crippen LogP contribution in [-0.2, 0) is 17.6 Å². The summed E-state index contributed by atoms with van der Waals surface area (Å²) >= 11 is 0. The van der Waals surface area contributed by atoms with Crippen LogP contribution in [0.1, 0.15) is 28.9 Å². The average molecular weight is 375 g/mol. The molecular formula is C23H25N3O2. The smallest absolute Gasteiger partial charge is 0.224 e. The number of aryl methyl sites for hydroxylation is 2. The molecule has 1 atom stereocenters.